The molecule has 0 radical (unpaired) electrons. The molecule has 0 aliphatic rings. The summed E-state index contributed by atoms with van der Waals surface area (Å²) >= 11 is 0. The summed E-state index contributed by atoms with van der Waals surface area (Å²) < 4.78 is 47.8. The number of carboxylic acids is 1. The standard InChI is InChI=1S/C16H18F3NO6/c1-15(2,3)20(8-12(21)22)14(24)26-9-25-13(23)10-6-4-5-7-11(10)16(17,18)19/h4-7H,8-9H2,1-3H3,(H,21,22). The number of carboxylic acid groups (broad SMARTS) is 1. The molecule has 1 rings (SSSR count). The molecule has 144 valence electrons. The predicted molar refractivity (Wildman–Crippen MR) is 82.3 cm³/mol. The molecule has 0 aromatic heterocycles. The Labute approximate surface area is 147 Å². The van der Waals surface area contributed by atoms with Crippen LogP contribution < -0.4 is 0 Å². The van der Waals surface area contributed by atoms with Gasteiger partial charge in [-0.25, -0.2) is 9.59 Å². The van der Waals surface area contributed by atoms with Crippen LogP contribution in [0.1, 0.15) is 36.7 Å². The van der Waals surface area contributed by atoms with E-state index in [-0.39, 0.29) is 0 Å². The maximum absolute atomic E-state index is 12.9. The van der Waals surface area contributed by atoms with Crippen LogP contribution >= 0.6 is 0 Å². The predicted octanol–water partition coefficient (Wildman–Crippen LogP) is 3.14. The van der Waals surface area contributed by atoms with Gasteiger partial charge in [0.25, 0.3) is 0 Å². The molecule has 0 aliphatic heterocycles. The molecule has 0 fully saturated rings. The summed E-state index contributed by atoms with van der Waals surface area (Å²) in [5.74, 6) is -2.61. The Morgan fingerprint density at radius 3 is 2.15 bits per heavy atom. The zero-order chi connectivity index (χ0) is 20.1. The third-order valence-electron chi connectivity index (χ3n) is 3.15. The van der Waals surface area contributed by atoms with E-state index in [0.717, 1.165) is 23.1 Å². The van der Waals surface area contributed by atoms with Crippen molar-refractivity contribution in [3.63, 3.8) is 0 Å². The molecule has 0 spiro atoms. The highest BCUT2D eigenvalue weighted by Gasteiger charge is 2.35. The smallest absolute Gasteiger partial charge is 0.417 e. The van der Waals surface area contributed by atoms with Gasteiger partial charge in [-0.3, -0.25) is 9.69 Å². The fourth-order valence-corrected chi connectivity index (χ4v) is 1.91. The van der Waals surface area contributed by atoms with Crippen molar-refractivity contribution in [2.75, 3.05) is 13.3 Å². The second-order valence-electron chi connectivity index (χ2n) is 6.15. The van der Waals surface area contributed by atoms with Crippen molar-refractivity contribution in [2.45, 2.75) is 32.5 Å². The fourth-order valence-electron chi connectivity index (χ4n) is 1.91. The molecule has 1 aromatic carbocycles. The first kappa shape index (κ1) is 21.3. The van der Waals surface area contributed by atoms with Crippen LogP contribution in [0.5, 0.6) is 0 Å². The minimum atomic E-state index is -4.75. The first-order valence-corrected chi connectivity index (χ1v) is 7.33. The largest absolute Gasteiger partial charge is 0.480 e. The van der Waals surface area contributed by atoms with Gasteiger partial charge >= 0.3 is 24.2 Å². The Morgan fingerprint density at radius 2 is 1.65 bits per heavy atom. The number of ether oxygens (including phenoxy) is 2. The van der Waals surface area contributed by atoms with Gasteiger partial charge in [0.15, 0.2) is 0 Å². The van der Waals surface area contributed by atoms with Crippen molar-refractivity contribution in [3.8, 4) is 0 Å². The SMILES string of the molecule is CC(C)(C)N(CC(=O)O)C(=O)OCOC(=O)c1ccccc1C(F)(F)F. The van der Waals surface area contributed by atoms with E-state index in [1.54, 1.807) is 20.8 Å². The topological polar surface area (TPSA) is 93.1 Å². The molecular weight excluding hydrogens is 359 g/mol. The lowest BCUT2D eigenvalue weighted by Crippen LogP contribution is -2.48. The maximum Gasteiger partial charge on any atom is 0.417 e. The lowest BCUT2D eigenvalue weighted by atomic mass is 10.1. The number of hydrogen-bond donors (Lipinski definition) is 1. The van der Waals surface area contributed by atoms with E-state index in [4.69, 9.17) is 5.11 Å². The first-order valence-electron chi connectivity index (χ1n) is 7.33. The number of alkyl halides is 3. The first-order chi connectivity index (χ1) is 11.8. The monoisotopic (exact) mass is 377 g/mol. The molecule has 1 aromatic rings. The lowest BCUT2D eigenvalue weighted by Gasteiger charge is -2.33. The number of nitrogens with zero attached hydrogens (tertiary/aromatic N) is 1. The van der Waals surface area contributed by atoms with E-state index in [1.807, 2.05) is 0 Å². The van der Waals surface area contributed by atoms with Crippen LogP contribution in [0.2, 0.25) is 0 Å². The highest BCUT2D eigenvalue weighted by molar-refractivity contribution is 5.91. The Bertz CT molecular complexity index is 681. The van der Waals surface area contributed by atoms with Crippen LogP contribution in [0.15, 0.2) is 24.3 Å². The molecule has 26 heavy (non-hydrogen) atoms. The minimum Gasteiger partial charge on any atom is -0.480 e. The van der Waals surface area contributed by atoms with Gasteiger partial charge in [-0.1, -0.05) is 12.1 Å². The number of amides is 1. The normalized spacial score (nSPS) is 11.6. The number of benzene rings is 1. The molecule has 0 saturated carbocycles. The molecule has 1 amide bonds. The molecule has 0 bridgehead atoms. The van der Waals surface area contributed by atoms with Crippen LogP contribution in [0.3, 0.4) is 0 Å². The van der Waals surface area contributed by atoms with Crippen LogP contribution in [0, 0.1) is 0 Å². The Morgan fingerprint density at radius 1 is 1.08 bits per heavy atom. The summed E-state index contributed by atoms with van der Waals surface area (Å²) in [6, 6.07) is 3.99. The third-order valence-corrected chi connectivity index (χ3v) is 3.15. The van der Waals surface area contributed by atoms with Crippen LogP contribution in [0.4, 0.5) is 18.0 Å². The van der Waals surface area contributed by atoms with Gasteiger partial charge in [-0.15, -0.1) is 0 Å². The van der Waals surface area contributed by atoms with E-state index >= 15 is 0 Å². The van der Waals surface area contributed by atoms with E-state index in [2.05, 4.69) is 9.47 Å². The average molecular weight is 377 g/mol. The summed E-state index contributed by atoms with van der Waals surface area (Å²) in [6.45, 7) is 3.05. The summed E-state index contributed by atoms with van der Waals surface area (Å²) in [4.78, 5) is 35.4. The van der Waals surface area contributed by atoms with Crippen molar-refractivity contribution in [3.05, 3.63) is 35.4 Å². The fraction of sp³-hybridized carbons (Fsp3) is 0.438. The number of aliphatic carboxylic acids is 1. The Kier molecular flexibility index (Phi) is 6.60. The van der Waals surface area contributed by atoms with Gasteiger partial charge in [0.2, 0.25) is 6.79 Å². The number of esters is 1. The maximum atomic E-state index is 12.9. The Balaban J connectivity index is 2.75. The number of carbonyl (C=O) groups excluding carboxylic acids is 2. The zero-order valence-electron chi connectivity index (χ0n) is 14.3. The summed E-state index contributed by atoms with van der Waals surface area (Å²) in [5.41, 5.74) is -2.81. The molecule has 7 nitrogen and oxygen atoms in total. The number of halogens is 3. The minimum absolute atomic E-state index is 0.660. The highest BCUT2D eigenvalue weighted by Crippen LogP contribution is 2.32. The van der Waals surface area contributed by atoms with Gasteiger partial charge in [-0.2, -0.15) is 13.2 Å². The van der Waals surface area contributed by atoms with Gasteiger partial charge in [0, 0.05) is 5.54 Å². The second-order valence-corrected chi connectivity index (χ2v) is 6.15. The molecular formula is C16H18F3NO6. The van der Waals surface area contributed by atoms with Gasteiger partial charge < -0.3 is 14.6 Å². The molecule has 0 atom stereocenters. The quantitative estimate of drug-likeness (QED) is 0.626. The molecule has 0 saturated heterocycles. The van der Waals surface area contributed by atoms with Gasteiger partial charge in [0.05, 0.1) is 11.1 Å². The van der Waals surface area contributed by atoms with Crippen LogP contribution in [-0.4, -0.2) is 46.9 Å². The summed E-state index contributed by atoms with van der Waals surface area (Å²) in [6.07, 6.45) is -5.84. The van der Waals surface area contributed by atoms with Crippen molar-refractivity contribution >= 4 is 18.0 Å². The van der Waals surface area contributed by atoms with E-state index in [1.165, 1.54) is 6.07 Å². The molecule has 0 aliphatic carbocycles. The molecule has 0 heterocycles. The average Bonchev–Trinajstić information content (AvgIpc) is 2.50. The van der Waals surface area contributed by atoms with Gasteiger partial charge in [0.1, 0.15) is 6.54 Å². The summed E-state index contributed by atoms with van der Waals surface area (Å²) in [7, 11) is 0. The van der Waals surface area contributed by atoms with E-state index in [0.29, 0.717) is 0 Å². The number of hydrogen-bond acceptors (Lipinski definition) is 5. The number of rotatable bonds is 5. The molecule has 1 N–H and O–H groups in total. The van der Waals surface area contributed by atoms with E-state index < -0.39 is 54.2 Å². The second kappa shape index (κ2) is 8.07. The summed E-state index contributed by atoms with van der Waals surface area (Å²) in [5, 5.41) is 8.82. The zero-order valence-corrected chi connectivity index (χ0v) is 14.3. The van der Waals surface area contributed by atoms with Crippen molar-refractivity contribution < 1.29 is 42.1 Å². The molecule has 10 heteroatoms. The molecule has 0 unspecified atom stereocenters. The number of carbonyl (C=O) groups is 3. The Hall–Kier alpha value is -2.78. The van der Waals surface area contributed by atoms with Crippen LogP contribution in [0.25, 0.3) is 0 Å². The van der Waals surface area contributed by atoms with Crippen molar-refractivity contribution in [1.82, 2.24) is 4.90 Å². The van der Waals surface area contributed by atoms with Crippen molar-refractivity contribution in [2.24, 2.45) is 0 Å². The van der Waals surface area contributed by atoms with Crippen LogP contribution in [-0.2, 0) is 20.4 Å². The highest BCUT2D eigenvalue weighted by atomic mass is 19.4. The van der Waals surface area contributed by atoms with E-state index in [9.17, 15) is 27.6 Å². The third kappa shape index (κ3) is 5.94. The lowest BCUT2D eigenvalue weighted by molar-refractivity contribution is -0.139. The van der Waals surface area contributed by atoms with Gasteiger partial charge in [-0.05, 0) is 32.9 Å². The van der Waals surface area contributed by atoms with Crippen molar-refractivity contribution in [1.29, 1.82) is 0 Å².